The van der Waals surface area contributed by atoms with Gasteiger partial charge in [0.25, 0.3) is 0 Å². The molecule has 0 aromatic carbocycles. The Bertz CT molecular complexity index is 104. The summed E-state index contributed by atoms with van der Waals surface area (Å²) in [6, 6.07) is 0. The SMILES string of the molecule is CCSCCC(C)C(O)=S. The fourth-order valence-electron chi connectivity index (χ4n) is 0.528. The Hall–Kier alpha value is 0.240. The van der Waals surface area contributed by atoms with Crippen LogP contribution in [0.1, 0.15) is 20.3 Å². The standard InChI is InChI=1S/C7H14OS2/c1-3-10-5-4-6(2)7(8)9/h6H,3-5H2,1-2H3,(H,8,9). The molecule has 0 amide bonds. The maximum Gasteiger partial charge on any atom is 0.159 e. The molecule has 1 N–H and O–H groups in total. The molecule has 0 spiro atoms. The van der Waals surface area contributed by atoms with E-state index in [-0.39, 0.29) is 11.0 Å². The van der Waals surface area contributed by atoms with Crippen molar-refractivity contribution in [1.29, 1.82) is 0 Å². The lowest BCUT2D eigenvalue weighted by molar-refractivity contribution is 0.505. The average Bonchev–Trinajstić information content (AvgIpc) is 1.88. The van der Waals surface area contributed by atoms with E-state index in [0.717, 1.165) is 17.9 Å². The Kier molecular flexibility index (Phi) is 6.13. The van der Waals surface area contributed by atoms with E-state index in [0.29, 0.717) is 0 Å². The van der Waals surface area contributed by atoms with Crippen LogP contribution in [-0.2, 0) is 0 Å². The molecule has 1 nitrogen and oxygen atoms in total. The first kappa shape index (κ1) is 10.2. The van der Waals surface area contributed by atoms with Crippen LogP contribution in [0.4, 0.5) is 0 Å². The van der Waals surface area contributed by atoms with Crippen molar-refractivity contribution in [3.8, 4) is 0 Å². The Morgan fingerprint density at radius 1 is 1.70 bits per heavy atom. The third-order valence-corrected chi connectivity index (χ3v) is 2.66. The molecule has 10 heavy (non-hydrogen) atoms. The van der Waals surface area contributed by atoms with Crippen LogP contribution >= 0.6 is 24.0 Å². The smallest absolute Gasteiger partial charge is 0.159 e. The number of hydrogen-bond donors (Lipinski definition) is 1. The van der Waals surface area contributed by atoms with Crippen LogP contribution in [-0.4, -0.2) is 21.7 Å². The lowest BCUT2D eigenvalue weighted by Gasteiger charge is -2.05. The average molecular weight is 178 g/mol. The fourth-order valence-corrected chi connectivity index (χ4v) is 1.45. The summed E-state index contributed by atoms with van der Waals surface area (Å²) in [6.45, 7) is 4.09. The minimum atomic E-state index is 0.150. The molecule has 0 aromatic rings. The second kappa shape index (κ2) is 5.98. The van der Waals surface area contributed by atoms with Gasteiger partial charge in [0.15, 0.2) is 5.05 Å². The Morgan fingerprint density at radius 2 is 2.30 bits per heavy atom. The van der Waals surface area contributed by atoms with Crippen LogP contribution in [0.15, 0.2) is 0 Å². The van der Waals surface area contributed by atoms with Crippen molar-refractivity contribution in [2.75, 3.05) is 11.5 Å². The quantitative estimate of drug-likeness (QED) is 0.516. The zero-order chi connectivity index (χ0) is 7.98. The fraction of sp³-hybridized carbons (Fsp3) is 0.857. The van der Waals surface area contributed by atoms with Gasteiger partial charge in [-0.05, 0) is 30.1 Å². The van der Waals surface area contributed by atoms with Gasteiger partial charge in [0.05, 0.1) is 0 Å². The van der Waals surface area contributed by atoms with Crippen LogP contribution in [0.3, 0.4) is 0 Å². The summed E-state index contributed by atoms with van der Waals surface area (Å²) in [5.41, 5.74) is 0. The van der Waals surface area contributed by atoms with Crippen LogP contribution < -0.4 is 0 Å². The van der Waals surface area contributed by atoms with Crippen LogP contribution in [0, 0.1) is 5.92 Å². The largest absolute Gasteiger partial charge is 0.502 e. The van der Waals surface area contributed by atoms with Gasteiger partial charge in [0, 0.05) is 5.92 Å². The minimum Gasteiger partial charge on any atom is -0.502 e. The summed E-state index contributed by atoms with van der Waals surface area (Å²) in [5, 5.41) is 8.99. The molecule has 0 rings (SSSR count). The number of thioether (sulfide) groups is 1. The molecule has 0 radical (unpaired) electrons. The van der Waals surface area contributed by atoms with Gasteiger partial charge in [-0.15, -0.1) is 0 Å². The van der Waals surface area contributed by atoms with Crippen molar-refractivity contribution in [2.45, 2.75) is 20.3 Å². The Balaban J connectivity index is 3.21. The Labute approximate surface area is 72.2 Å². The van der Waals surface area contributed by atoms with Gasteiger partial charge in [0.2, 0.25) is 0 Å². The number of aliphatic hydroxyl groups excluding tert-OH is 1. The first-order valence-corrected chi connectivity index (χ1v) is 5.05. The summed E-state index contributed by atoms with van der Waals surface area (Å²) in [5.74, 6) is 2.43. The van der Waals surface area contributed by atoms with Crippen LogP contribution in [0.2, 0.25) is 0 Å². The van der Waals surface area contributed by atoms with Gasteiger partial charge in [-0.25, -0.2) is 0 Å². The number of thiocarbonyl (C=S) groups is 1. The molecule has 1 atom stereocenters. The van der Waals surface area contributed by atoms with E-state index in [1.165, 1.54) is 0 Å². The van der Waals surface area contributed by atoms with Crippen LogP contribution in [0.5, 0.6) is 0 Å². The van der Waals surface area contributed by atoms with Gasteiger partial charge in [0.1, 0.15) is 0 Å². The molecule has 0 aliphatic carbocycles. The molecular weight excluding hydrogens is 164 g/mol. The molecule has 3 heteroatoms. The van der Waals surface area contributed by atoms with Gasteiger partial charge in [-0.1, -0.05) is 13.8 Å². The molecular formula is C7H14OS2. The highest BCUT2D eigenvalue weighted by molar-refractivity contribution is 7.99. The highest BCUT2D eigenvalue weighted by atomic mass is 32.2. The first-order valence-electron chi connectivity index (χ1n) is 3.49. The summed E-state index contributed by atoms with van der Waals surface area (Å²) in [6.07, 6.45) is 0.994. The van der Waals surface area contributed by atoms with Crippen molar-refractivity contribution in [3.05, 3.63) is 0 Å². The zero-order valence-corrected chi connectivity index (χ0v) is 8.10. The minimum absolute atomic E-state index is 0.150. The van der Waals surface area contributed by atoms with E-state index in [9.17, 15) is 0 Å². The number of aliphatic hydroxyl groups is 1. The summed E-state index contributed by atoms with van der Waals surface area (Å²) in [7, 11) is 0. The molecule has 0 fully saturated rings. The Morgan fingerprint density at radius 3 is 2.70 bits per heavy atom. The first-order chi connectivity index (χ1) is 4.68. The molecule has 0 saturated carbocycles. The predicted octanol–water partition coefficient (Wildman–Crippen LogP) is 2.65. The maximum atomic E-state index is 8.84. The highest BCUT2D eigenvalue weighted by Crippen LogP contribution is 2.09. The zero-order valence-electron chi connectivity index (χ0n) is 6.46. The summed E-state index contributed by atoms with van der Waals surface area (Å²) < 4.78 is 0. The van der Waals surface area contributed by atoms with E-state index < -0.39 is 0 Å². The predicted molar refractivity (Wildman–Crippen MR) is 52.0 cm³/mol. The van der Waals surface area contributed by atoms with Crippen molar-refractivity contribution in [2.24, 2.45) is 5.92 Å². The third-order valence-electron chi connectivity index (χ3n) is 1.32. The van der Waals surface area contributed by atoms with Gasteiger partial charge < -0.3 is 5.11 Å². The second-order valence-electron chi connectivity index (χ2n) is 2.22. The van der Waals surface area contributed by atoms with Gasteiger partial charge in [-0.3, -0.25) is 0 Å². The van der Waals surface area contributed by atoms with Crippen LogP contribution in [0.25, 0.3) is 0 Å². The van der Waals surface area contributed by atoms with E-state index in [4.69, 9.17) is 5.11 Å². The molecule has 0 saturated heterocycles. The van der Waals surface area contributed by atoms with Crippen molar-refractivity contribution >= 4 is 29.0 Å². The second-order valence-corrected chi connectivity index (χ2v) is 4.04. The summed E-state index contributed by atoms with van der Waals surface area (Å²) >= 11 is 6.50. The van der Waals surface area contributed by atoms with E-state index >= 15 is 0 Å². The lowest BCUT2D eigenvalue weighted by atomic mass is 10.1. The number of hydrogen-bond acceptors (Lipinski definition) is 2. The molecule has 0 bridgehead atoms. The highest BCUT2D eigenvalue weighted by Gasteiger charge is 2.04. The van der Waals surface area contributed by atoms with E-state index in [2.05, 4.69) is 19.1 Å². The molecule has 0 heterocycles. The third kappa shape index (κ3) is 5.06. The van der Waals surface area contributed by atoms with Crippen molar-refractivity contribution < 1.29 is 5.11 Å². The normalized spacial score (nSPS) is 13.0. The molecule has 0 aliphatic heterocycles. The maximum absolute atomic E-state index is 8.84. The van der Waals surface area contributed by atoms with Gasteiger partial charge >= 0.3 is 0 Å². The lowest BCUT2D eigenvalue weighted by Crippen LogP contribution is -2.07. The number of rotatable bonds is 5. The van der Waals surface area contributed by atoms with E-state index in [1.54, 1.807) is 0 Å². The van der Waals surface area contributed by atoms with Gasteiger partial charge in [-0.2, -0.15) is 11.8 Å². The monoisotopic (exact) mass is 178 g/mol. The molecule has 1 unspecified atom stereocenters. The molecule has 0 aromatic heterocycles. The van der Waals surface area contributed by atoms with Crippen molar-refractivity contribution in [1.82, 2.24) is 0 Å². The topological polar surface area (TPSA) is 20.2 Å². The molecule has 60 valence electrons. The summed E-state index contributed by atoms with van der Waals surface area (Å²) in [4.78, 5) is 0. The van der Waals surface area contributed by atoms with E-state index in [1.807, 2.05) is 18.7 Å². The molecule has 0 aliphatic rings. The van der Waals surface area contributed by atoms with Crippen molar-refractivity contribution in [3.63, 3.8) is 0 Å².